The number of halogens is 3. The van der Waals surface area contributed by atoms with Crippen molar-refractivity contribution in [2.24, 2.45) is 0 Å². The lowest BCUT2D eigenvalue weighted by Crippen LogP contribution is -2.31. The number of nitriles is 1. The summed E-state index contributed by atoms with van der Waals surface area (Å²) in [5.41, 5.74) is -1.46. The molecule has 0 bridgehead atoms. The molecule has 106 valence electrons. The zero-order chi connectivity index (χ0) is 15.3. The van der Waals surface area contributed by atoms with Gasteiger partial charge in [0.15, 0.2) is 0 Å². The third-order valence-electron chi connectivity index (χ3n) is 2.35. The lowest BCUT2D eigenvalue weighted by Gasteiger charge is -2.11. The maximum absolute atomic E-state index is 12.8. The van der Waals surface area contributed by atoms with Gasteiger partial charge in [0.05, 0.1) is 5.56 Å². The molecule has 0 aliphatic heterocycles. The van der Waals surface area contributed by atoms with E-state index in [1.165, 1.54) is 18.2 Å². The summed E-state index contributed by atoms with van der Waals surface area (Å²) in [5, 5.41) is 11.4. The van der Waals surface area contributed by atoms with Crippen LogP contribution in [0.5, 0.6) is 0 Å². The first-order chi connectivity index (χ1) is 9.25. The van der Waals surface area contributed by atoms with Crippen molar-refractivity contribution < 1.29 is 18.0 Å². The number of amides is 1. The number of nitrogens with one attached hydrogen (secondary N) is 1. The van der Waals surface area contributed by atoms with Crippen LogP contribution in [0.25, 0.3) is 6.08 Å². The average molecular weight is 282 g/mol. The molecule has 0 aliphatic rings. The van der Waals surface area contributed by atoms with Crippen molar-refractivity contribution >= 4 is 12.0 Å². The van der Waals surface area contributed by atoms with Crippen LogP contribution < -0.4 is 5.32 Å². The van der Waals surface area contributed by atoms with Crippen molar-refractivity contribution in [3.8, 4) is 6.07 Å². The minimum Gasteiger partial charge on any atom is -0.349 e. The van der Waals surface area contributed by atoms with Crippen LogP contribution in [0.3, 0.4) is 0 Å². The van der Waals surface area contributed by atoms with E-state index in [2.05, 4.69) is 5.32 Å². The first-order valence-corrected chi connectivity index (χ1v) is 5.84. The molecule has 0 aromatic heterocycles. The van der Waals surface area contributed by atoms with Crippen LogP contribution in [-0.2, 0) is 11.0 Å². The molecule has 0 aliphatic carbocycles. The van der Waals surface area contributed by atoms with Crippen molar-refractivity contribution in [1.29, 1.82) is 5.26 Å². The van der Waals surface area contributed by atoms with E-state index >= 15 is 0 Å². The number of rotatable bonds is 3. The topological polar surface area (TPSA) is 52.9 Å². The Morgan fingerprint density at radius 1 is 1.35 bits per heavy atom. The zero-order valence-corrected chi connectivity index (χ0v) is 11.0. The van der Waals surface area contributed by atoms with Gasteiger partial charge >= 0.3 is 6.18 Å². The predicted octanol–water partition coefficient (Wildman–Crippen LogP) is 3.14. The van der Waals surface area contributed by atoms with Gasteiger partial charge in [-0.05, 0) is 31.6 Å². The normalized spacial score (nSPS) is 12.2. The lowest BCUT2D eigenvalue weighted by atomic mass is 10.0. The molecule has 3 nitrogen and oxygen atoms in total. The summed E-state index contributed by atoms with van der Waals surface area (Å²) in [4.78, 5) is 11.7. The summed E-state index contributed by atoms with van der Waals surface area (Å²) in [6, 6.07) is 6.18. The zero-order valence-electron chi connectivity index (χ0n) is 11.0. The van der Waals surface area contributed by atoms with Gasteiger partial charge in [0.2, 0.25) is 0 Å². The van der Waals surface area contributed by atoms with E-state index in [9.17, 15) is 18.0 Å². The first-order valence-electron chi connectivity index (χ1n) is 5.84. The summed E-state index contributed by atoms with van der Waals surface area (Å²) in [5.74, 6) is -0.695. The lowest BCUT2D eigenvalue weighted by molar-refractivity contribution is -0.137. The molecule has 1 aromatic rings. The second-order valence-electron chi connectivity index (χ2n) is 4.38. The van der Waals surface area contributed by atoms with Gasteiger partial charge in [-0.15, -0.1) is 0 Å². The number of nitrogens with zero attached hydrogens (tertiary/aromatic N) is 1. The minimum atomic E-state index is -4.54. The Bertz CT molecular complexity index is 569. The summed E-state index contributed by atoms with van der Waals surface area (Å²) < 4.78 is 38.4. The predicted molar refractivity (Wildman–Crippen MR) is 68.3 cm³/mol. The molecule has 0 atom stereocenters. The van der Waals surface area contributed by atoms with Crippen LogP contribution in [0.1, 0.15) is 25.0 Å². The summed E-state index contributed by atoms with van der Waals surface area (Å²) in [7, 11) is 0. The SMILES string of the molecule is CC(C)NC(=O)/C(C#N)=C\c1ccccc1C(F)(F)F. The molecule has 0 saturated heterocycles. The number of hydrogen-bond acceptors (Lipinski definition) is 2. The van der Waals surface area contributed by atoms with Crippen molar-refractivity contribution in [1.82, 2.24) is 5.32 Å². The maximum atomic E-state index is 12.8. The number of benzene rings is 1. The highest BCUT2D eigenvalue weighted by Crippen LogP contribution is 2.32. The third kappa shape index (κ3) is 4.12. The molecule has 1 rings (SSSR count). The van der Waals surface area contributed by atoms with Crippen LogP contribution in [0, 0.1) is 11.3 Å². The Hall–Kier alpha value is -2.29. The monoisotopic (exact) mass is 282 g/mol. The van der Waals surface area contributed by atoms with E-state index in [4.69, 9.17) is 5.26 Å². The van der Waals surface area contributed by atoms with Gasteiger partial charge < -0.3 is 5.32 Å². The molecule has 1 N–H and O–H groups in total. The molecule has 0 fully saturated rings. The van der Waals surface area contributed by atoms with Crippen LogP contribution >= 0.6 is 0 Å². The Morgan fingerprint density at radius 2 is 1.95 bits per heavy atom. The Kier molecular flexibility index (Phi) is 4.92. The number of carbonyl (C=O) groups excluding carboxylic acids is 1. The molecule has 1 aromatic carbocycles. The third-order valence-corrected chi connectivity index (χ3v) is 2.35. The highest BCUT2D eigenvalue weighted by atomic mass is 19.4. The van der Waals surface area contributed by atoms with Gasteiger partial charge in [0.25, 0.3) is 5.91 Å². The molecule has 0 saturated carbocycles. The van der Waals surface area contributed by atoms with Crippen molar-refractivity contribution in [2.75, 3.05) is 0 Å². The van der Waals surface area contributed by atoms with E-state index in [1.807, 2.05) is 0 Å². The van der Waals surface area contributed by atoms with Crippen molar-refractivity contribution in [3.05, 3.63) is 41.0 Å². The van der Waals surface area contributed by atoms with Crippen molar-refractivity contribution in [2.45, 2.75) is 26.1 Å². The van der Waals surface area contributed by atoms with Gasteiger partial charge in [-0.25, -0.2) is 0 Å². The van der Waals surface area contributed by atoms with E-state index < -0.39 is 17.6 Å². The molecule has 0 radical (unpaired) electrons. The van der Waals surface area contributed by atoms with Crippen LogP contribution in [-0.4, -0.2) is 11.9 Å². The number of alkyl halides is 3. The largest absolute Gasteiger partial charge is 0.416 e. The fraction of sp³-hybridized carbons (Fsp3) is 0.286. The molecule has 1 amide bonds. The van der Waals surface area contributed by atoms with Gasteiger partial charge in [0, 0.05) is 6.04 Å². The maximum Gasteiger partial charge on any atom is 0.416 e. The molecule has 0 spiro atoms. The summed E-state index contributed by atoms with van der Waals surface area (Å²) in [6.07, 6.45) is -3.59. The first kappa shape index (κ1) is 15.8. The number of carbonyl (C=O) groups is 1. The van der Waals surface area contributed by atoms with Gasteiger partial charge in [-0.3, -0.25) is 4.79 Å². The Balaban J connectivity index is 3.22. The van der Waals surface area contributed by atoms with Crippen LogP contribution in [0.2, 0.25) is 0 Å². The smallest absolute Gasteiger partial charge is 0.349 e. The second kappa shape index (κ2) is 6.24. The van der Waals surface area contributed by atoms with Gasteiger partial charge in [-0.2, -0.15) is 18.4 Å². The van der Waals surface area contributed by atoms with Gasteiger partial charge in [0.1, 0.15) is 11.6 Å². The van der Waals surface area contributed by atoms with E-state index in [1.54, 1.807) is 19.9 Å². The molecule has 0 heterocycles. The number of hydrogen-bond donors (Lipinski definition) is 1. The molecule has 0 unspecified atom stereocenters. The Labute approximate surface area is 114 Å². The van der Waals surface area contributed by atoms with Crippen LogP contribution in [0.15, 0.2) is 29.8 Å². The second-order valence-corrected chi connectivity index (χ2v) is 4.38. The minimum absolute atomic E-state index is 0.211. The van der Waals surface area contributed by atoms with E-state index in [0.29, 0.717) is 0 Å². The Morgan fingerprint density at radius 3 is 2.45 bits per heavy atom. The fourth-order valence-electron chi connectivity index (χ4n) is 1.53. The van der Waals surface area contributed by atoms with Crippen LogP contribution in [0.4, 0.5) is 13.2 Å². The molecule has 6 heteroatoms. The highest BCUT2D eigenvalue weighted by molar-refractivity contribution is 6.01. The molecular formula is C14H13F3N2O. The summed E-state index contributed by atoms with van der Waals surface area (Å²) in [6.45, 7) is 3.38. The quantitative estimate of drug-likeness (QED) is 0.684. The fourth-order valence-corrected chi connectivity index (χ4v) is 1.53. The summed E-state index contributed by atoms with van der Waals surface area (Å²) >= 11 is 0. The standard InChI is InChI=1S/C14H13F3N2O/c1-9(2)19-13(20)11(8-18)7-10-5-3-4-6-12(10)14(15,16)17/h3-7,9H,1-2H3,(H,19,20)/b11-7-. The highest BCUT2D eigenvalue weighted by Gasteiger charge is 2.32. The molecular weight excluding hydrogens is 269 g/mol. The average Bonchev–Trinajstić information content (AvgIpc) is 2.34. The van der Waals surface area contributed by atoms with Gasteiger partial charge in [-0.1, -0.05) is 18.2 Å². The molecule has 20 heavy (non-hydrogen) atoms. The van der Waals surface area contributed by atoms with Crippen molar-refractivity contribution in [3.63, 3.8) is 0 Å². The van der Waals surface area contributed by atoms with E-state index in [-0.39, 0.29) is 17.2 Å². The van der Waals surface area contributed by atoms with E-state index in [0.717, 1.165) is 12.1 Å².